The molecule has 1 amide bonds. The minimum Gasteiger partial charge on any atom is -0.382 e. The number of benzene rings is 1. The molecule has 0 atom stereocenters. The van der Waals surface area contributed by atoms with Crippen LogP contribution < -0.4 is 5.32 Å². The number of hydrogen-bond donors (Lipinski definition) is 2. The Labute approximate surface area is 195 Å². The zero-order valence-corrected chi connectivity index (χ0v) is 19.3. The summed E-state index contributed by atoms with van der Waals surface area (Å²) in [5, 5.41) is 17.9. The summed E-state index contributed by atoms with van der Waals surface area (Å²) in [7, 11) is 3.59. The van der Waals surface area contributed by atoms with Crippen LogP contribution in [-0.4, -0.2) is 35.3 Å². The van der Waals surface area contributed by atoms with Crippen molar-refractivity contribution in [2.45, 2.75) is 50.0 Å². The molecule has 0 saturated heterocycles. The molecule has 3 aromatic rings. The molecule has 1 aromatic carbocycles. The molecule has 10 heteroatoms. The van der Waals surface area contributed by atoms with Gasteiger partial charge < -0.3 is 15.0 Å². The van der Waals surface area contributed by atoms with Crippen molar-refractivity contribution in [2.75, 3.05) is 5.32 Å². The second-order valence-electron chi connectivity index (χ2n) is 9.54. The summed E-state index contributed by atoms with van der Waals surface area (Å²) in [5.41, 5.74) is 0.893. The van der Waals surface area contributed by atoms with Crippen molar-refractivity contribution < 1.29 is 14.3 Å². The molecule has 2 aliphatic carbocycles. The zero-order chi connectivity index (χ0) is 23.4. The number of carbonyl (C=O) groups excluding carboxylic acids is 1. The van der Waals surface area contributed by atoms with Crippen LogP contribution in [0, 0.1) is 11.2 Å². The molecular weight excluding hydrogens is 447 g/mol. The maximum atomic E-state index is 13.4. The topological polar surface area (TPSA) is 97.9 Å². The van der Waals surface area contributed by atoms with E-state index in [9.17, 15) is 14.3 Å². The molecule has 0 unspecified atom stereocenters. The Morgan fingerprint density at radius 1 is 1.24 bits per heavy atom. The van der Waals surface area contributed by atoms with Crippen LogP contribution in [-0.2, 0) is 19.7 Å². The lowest BCUT2D eigenvalue weighted by atomic mass is 9.52. The molecule has 0 bridgehead atoms. The van der Waals surface area contributed by atoms with E-state index in [1.807, 2.05) is 0 Å². The lowest BCUT2D eigenvalue weighted by molar-refractivity contribution is -0.157. The van der Waals surface area contributed by atoms with E-state index in [4.69, 9.17) is 11.6 Å². The molecule has 2 fully saturated rings. The van der Waals surface area contributed by atoms with Crippen LogP contribution in [0.3, 0.4) is 0 Å². The highest BCUT2D eigenvalue weighted by molar-refractivity contribution is 6.31. The van der Waals surface area contributed by atoms with Gasteiger partial charge in [0.25, 0.3) is 5.91 Å². The van der Waals surface area contributed by atoms with Crippen molar-refractivity contribution in [2.24, 2.45) is 19.5 Å². The first-order valence-electron chi connectivity index (χ1n) is 11.0. The summed E-state index contributed by atoms with van der Waals surface area (Å²) in [4.78, 5) is 21.8. The second kappa shape index (κ2) is 7.92. The Hall–Kier alpha value is -2.78. The smallest absolute Gasteiger partial charge is 0.274 e. The first kappa shape index (κ1) is 22.0. The molecule has 2 N–H and O–H groups in total. The highest BCUT2D eigenvalue weighted by atomic mass is 35.5. The molecule has 0 radical (unpaired) electrons. The molecule has 5 rings (SSSR count). The van der Waals surface area contributed by atoms with Crippen molar-refractivity contribution in [1.29, 1.82) is 0 Å². The van der Waals surface area contributed by atoms with Gasteiger partial charge in [-0.3, -0.25) is 9.48 Å². The monoisotopic (exact) mass is 472 g/mol. The minimum atomic E-state index is -0.912. The van der Waals surface area contributed by atoms with Crippen LogP contribution in [0.2, 0.25) is 5.02 Å². The first-order valence-corrected chi connectivity index (χ1v) is 11.4. The van der Waals surface area contributed by atoms with Crippen LogP contribution in [0.25, 0.3) is 0 Å². The third-order valence-corrected chi connectivity index (χ3v) is 7.54. The summed E-state index contributed by atoms with van der Waals surface area (Å²) in [6.07, 6.45) is 8.21. The van der Waals surface area contributed by atoms with Gasteiger partial charge in [-0.05, 0) is 62.1 Å². The van der Waals surface area contributed by atoms with Gasteiger partial charge in [0.15, 0.2) is 5.82 Å². The number of aryl methyl sites for hydroxylation is 2. The predicted octanol–water partition coefficient (Wildman–Crippen LogP) is 3.92. The molecule has 1 spiro atoms. The molecule has 2 aliphatic rings. The number of halogens is 2. The molecule has 174 valence electrons. The Morgan fingerprint density at radius 2 is 1.97 bits per heavy atom. The van der Waals surface area contributed by atoms with E-state index in [0.29, 0.717) is 30.0 Å². The number of aromatic nitrogens is 5. The number of rotatable bonds is 4. The average Bonchev–Trinajstić information content (AvgIpc) is 3.36. The highest BCUT2D eigenvalue weighted by Gasteiger charge is 2.57. The fourth-order valence-electron chi connectivity index (χ4n) is 5.71. The average molecular weight is 473 g/mol. The highest BCUT2D eigenvalue weighted by Crippen LogP contribution is 2.61. The summed E-state index contributed by atoms with van der Waals surface area (Å²) in [5.74, 6) is -0.0416. The number of nitrogens with zero attached hydrogens (tertiary/aromatic N) is 5. The van der Waals surface area contributed by atoms with Gasteiger partial charge in [0.2, 0.25) is 0 Å². The third kappa shape index (κ3) is 3.83. The number of imidazole rings is 1. The van der Waals surface area contributed by atoms with Crippen LogP contribution in [0.1, 0.15) is 66.4 Å². The van der Waals surface area contributed by atoms with Crippen molar-refractivity contribution in [1.82, 2.24) is 24.3 Å². The molecule has 8 nitrogen and oxygen atoms in total. The van der Waals surface area contributed by atoms with Gasteiger partial charge in [0.05, 0.1) is 17.0 Å². The quantitative estimate of drug-likeness (QED) is 0.599. The summed E-state index contributed by atoms with van der Waals surface area (Å²) >= 11 is 5.84. The van der Waals surface area contributed by atoms with Crippen molar-refractivity contribution in [3.05, 3.63) is 58.9 Å². The van der Waals surface area contributed by atoms with E-state index in [0.717, 1.165) is 31.4 Å². The van der Waals surface area contributed by atoms with E-state index in [2.05, 4.69) is 20.4 Å². The Morgan fingerprint density at radius 3 is 2.61 bits per heavy atom. The number of nitrogens with one attached hydrogen (secondary N) is 1. The van der Waals surface area contributed by atoms with E-state index in [1.165, 1.54) is 24.5 Å². The maximum Gasteiger partial charge on any atom is 0.274 e. The first-order chi connectivity index (χ1) is 15.7. The van der Waals surface area contributed by atoms with Crippen LogP contribution in [0.4, 0.5) is 10.1 Å². The summed E-state index contributed by atoms with van der Waals surface area (Å²) in [6.45, 7) is 0. The van der Waals surface area contributed by atoms with Crippen LogP contribution in [0.5, 0.6) is 0 Å². The normalized spacial score (nSPS) is 26.9. The van der Waals surface area contributed by atoms with Gasteiger partial charge in [0, 0.05) is 25.7 Å². The Balaban J connectivity index is 1.27. The zero-order valence-electron chi connectivity index (χ0n) is 18.6. The number of hydrogen-bond acceptors (Lipinski definition) is 5. The van der Waals surface area contributed by atoms with Gasteiger partial charge >= 0.3 is 0 Å². The van der Waals surface area contributed by atoms with Gasteiger partial charge in [-0.25, -0.2) is 14.4 Å². The predicted molar refractivity (Wildman–Crippen MR) is 120 cm³/mol. The maximum absolute atomic E-state index is 13.4. The molecule has 2 heterocycles. The van der Waals surface area contributed by atoms with E-state index in [1.54, 1.807) is 29.7 Å². The summed E-state index contributed by atoms with van der Waals surface area (Å²) in [6, 6.07) is 4.10. The SMILES string of the molecule is Cn1cnc(C2CCC3(CC2)CC(O)(c2ncnn2C)C3)c1C(=O)Nc1ccc(F)c(Cl)c1. The summed E-state index contributed by atoms with van der Waals surface area (Å²) < 4.78 is 16.8. The lowest BCUT2D eigenvalue weighted by Crippen LogP contribution is -2.52. The fourth-order valence-corrected chi connectivity index (χ4v) is 5.89. The van der Waals surface area contributed by atoms with E-state index >= 15 is 0 Å². The molecule has 33 heavy (non-hydrogen) atoms. The van der Waals surface area contributed by atoms with E-state index < -0.39 is 11.4 Å². The van der Waals surface area contributed by atoms with Gasteiger partial charge in [-0.15, -0.1) is 0 Å². The van der Waals surface area contributed by atoms with Crippen molar-refractivity contribution in [3.63, 3.8) is 0 Å². The number of carbonyl (C=O) groups is 1. The largest absolute Gasteiger partial charge is 0.382 e. The Bertz CT molecular complexity index is 1210. The molecular formula is C23H26ClFN6O2. The van der Waals surface area contributed by atoms with Crippen molar-refractivity contribution in [3.8, 4) is 0 Å². The molecule has 0 aliphatic heterocycles. The number of aliphatic hydroxyl groups is 1. The van der Waals surface area contributed by atoms with E-state index in [-0.39, 0.29) is 22.3 Å². The van der Waals surface area contributed by atoms with Gasteiger partial charge in [0.1, 0.15) is 23.4 Å². The standard InChI is InChI=1S/C23H26ClFN6O2/c1-30-13-27-18(19(30)20(32)29-15-3-4-17(25)16(24)9-15)14-5-7-22(8-6-14)10-23(33,11-22)21-26-12-28-31(21)2/h3-4,9,12-14,33H,5-8,10-11H2,1-2H3,(H,29,32). The molecule has 2 aromatic heterocycles. The van der Waals surface area contributed by atoms with Crippen LogP contribution >= 0.6 is 11.6 Å². The van der Waals surface area contributed by atoms with Gasteiger partial charge in [-0.1, -0.05) is 11.6 Å². The number of amides is 1. The Kier molecular flexibility index (Phi) is 5.29. The third-order valence-electron chi connectivity index (χ3n) is 7.25. The molecule has 2 saturated carbocycles. The van der Waals surface area contributed by atoms with Crippen molar-refractivity contribution >= 4 is 23.2 Å². The van der Waals surface area contributed by atoms with Gasteiger partial charge in [-0.2, -0.15) is 5.10 Å². The second-order valence-corrected chi connectivity index (χ2v) is 9.95. The fraction of sp³-hybridized carbons (Fsp3) is 0.478. The minimum absolute atomic E-state index is 0.0441. The lowest BCUT2D eigenvalue weighted by Gasteiger charge is -2.55. The number of anilines is 1. The van der Waals surface area contributed by atoms with Crippen LogP contribution in [0.15, 0.2) is 30.9 Å².